The number of amides is 1. The van der Waals surface area contributed by atoms with Crippen LogP contribution in [-0.2, 0) is 11.2 Å². The van der Waals surface area contributed by atoms with Gasteiger partial charge in [0, 0.05) is 5.54 Å². The van der Waals surface area contributed by atoms with Crippen molar-refractivity contribution in [3.8, 4) is 5.75 Å². The van der Waals surface area contributed by atoms with E-state index in [0.717, 1.165) is 37.1 Å². The van der Waals surface area contributed by atoms with Gasteiger partial charge in [-0.05, 0) is 43.4 Å². The lowest BCUT2D eigenvalue weighted by Gasteiger charge is -2.18. The third-order valence-electron chi connectivity index (χ3n) is 3.48. The van der Waals surface area contributed by atoms with Crippen molar-refractivity contribution in [3.05, 3.63) is 23.8 Å². The summed E-state index contributed by atoms with van der Waals surface area (Å²) in [4.78, 5) is 11.1. The molecular formula is C13H16N2O2. The van der Waals surface area contributed by atoms with Gasteiger partial charge in [0.25, 0.3) is 5.91 Å². The number of nitrogens with one attached hydrogen (secondary N) is 1. The van der Waals surface area contributed by atoms with Crippen LogP contribution in [0.1, 0.15) is 24.8 Å². The minimum atomic E-state index is -0.0934. The Morgan fingerprint density at radius 3 is 3.00 bits per heavy atom. The third-order valence-corrected chi connectivity index (χ3v) is 3.48. The highest BCUT2D eigenvalue weighted by molar-refractivity contribution is 5.95. The Bertz CT molecular complexity index is 466. The molecule has 0 unspecified atom stereocenters. The van der Waals surface area contributed by atoms with Gasteiger partial charge in [0.2, 0.25) is 0 Å². The zero-order valence-corrected chi connectivity index (χ0v) is 9.66. The molecule has 1 amide bonds. The first-order valence-corrected chi connectivity index (χ1v) is 5.99. The Labute approximate surface area is 100 Å². The Kier molecular flexibility index (Phi) is 2.33. The topological polar surface area (TPSA) is 64.3 Å². The molecule has 3 N–H and O–H groups in total. The first-order valence-electron chi connectivity index (χ1n) is 5.99. The van der Waals surface area contributed by atoms with Gasteiger partial charge >= 0.3 is 0 Å². The third kappa shape index (κ3) is 2.26. The molecule has 0 bridgehead atoms. The Morgan fingerprint density at radius 2 is 2.24 bits per heavy atom. The molecule has 0 saturated heterocycles. The van der Waals surface area contributed by atoms with Gasteiger partial charge in [-0.15, -0.1) is 0 Å². The van der Waals surface area contributed by atoms with Crippen molar-refractivity contribution in [1.82, 2.24) is 0 Å². The van der Waals surface area contributed by atoms with Crippen LogP contribution in [0.4, 0.5) is 5.69 Å². The number of carbonyl (C=O) groups excluding carboxylic acids is 1. The molecule has 4 nitrogen and oxygen atoms in total. The smallest absolute Gasteiger partial charge is 0.262 e. The molecule has 3 rings (SSSR count). The summed E-state index contributed by atoms with van der Waals surface area (Å²) >= 11 is 0. The number of nitrogens with two attached hydrogens (primary N) is 1. The standard InChI is InChI=1S/C13H16N2O2/c14-13(5-6-13)4-3-9-1-2-10-11(7-9)17-8-12(16)15-10/h1-2,7H,3-6,8,14H2,(H,15,16). The highest BCUT2D eigenvalue weighted by Gasteiger charge is 2.37. The van der Waals surface area contributed by atoms with E-state index in [-0.39, 0.29) is 18.1 Å². The quantitative estimate of drug-likeness (QED) is 0.828. The molecule has 1 heterocycles. The van der Waals surface area contributed by atoms with E-state index >= 15 is 0 Å². The van der Waals surface area contributed by atoms with Gasteiger partial charge in [-0.3, -0.25) is 4.79 Å². The number of aryl methyl sites for hydroxylation is 1. The van der Waals surface area contributed by atoms with Crippen LogP contribution < -0.4 is 15.8 Å². The van der Waals surface area contributed by atoms with Crippen molar-refractivity contribution >= 4 is 11.6 Å². The first-order chi connectivity index (χ1) is 8.15. The summed E-state index contributed by atoms with van der Waals surface area (Å²) in [5, 5.41) is 2.78. The summed E-state index contributed by atoms with van der Waals surface area (Å²) in [6, 6.07) is 5.93. The number of fused-ring (bicyclic) bond motifs is 1. The predicted octanol–water partition coefficient (Wildman–Crippen LogP) is 1.44. The molecular weight excluding hydrogens is 216 g/mol. The number of hydrogen-bond donors (Lipinski definition) is 2. The van der Waals surface area contributed by atoms with Gasteiger partial charge in [0.1, 0.15) is 5.75 Å². The van der Waals surface area contributed by atoms with Crippen LogP contribution >= 0.6 is 0 Å². The maximum Gasteiger partial charge on any atom is 0.262 e. The van der Waals surface area contributed by atoms with Gasteiger partial charge < -0.3 is 15.8 Å². The number of hydrogen-bond acceptors (Lipinski definition) is 3. The highest BCUT2D eigenvalue weighted by atomic mass is 16.5. The van der Waals surface area contributed by atoms with Crippen LogP contribution in [0.3, 0.4) is 0 Å². The maximum absolute atomic E-state index is 11.1. The van der Waals surface area contributed by atoms with E-state index in [4.69, 9.17) is 10.5 Å². The molecule has 1 saturated carbocycles. The van der Waals surface area contributed by atoms with E-state index < -0.39 is 0 Å². The fourth-order valence-electron chi connectivity index (χ4n) is 2.08. The zero-order valence-electron chi connectivity index (χ0n) is 9.66. The SMILES string of the molecule is NC1(CCc2ccc3c(c2)OCC(=O)N3)CC1. The number of carbonyl (C=O) groups is 1. The van der Waals surface area contributed by atoms with Crippen molar-refractivity contribution in [2.75, 3.05) is 11.9 Å². The van der Waals surface area contributed by atoms with Gasteiger partial charge in [0.15, 0.2) is 6.61 Å². The molecule has 0 spiro atoms. The molecule has 4 heteroatoms. The lowest BCUT2D eigenvalue weighted by molar-refractivity contribution is -0.118. The van der Waals surface area contributed by atoms with Crippen molar-refractivity contribution in [1.29, 1.82) is 0 Å². The predicted molar refractivity (Wildman–Crippen MR) is 65.0 cm³/mol. The van der Waals surface area contributed by atoms with E-state index in [2.05, 4.69) is 5.32 Å². The minimum absolute atomic E-state index is 0.0883. The van der Waals surface area contributed by atoms with E-state index in [9.17, 15) is 4.79 Å². The lowest BCUT2D eigenvalue weighted by atomic mass is 10.0. The summed E-state index contributed by atoms with van der Waals surface area (Å²) in [6.07, 6.45) is 4.29. The number of ether oxygens (including phenoxy) is 1. The van der Waals surface area contributed by atoms with Crippen molar-refractivity contribution in [2.24, 2.45) is 5.73 Å². The summed E-state index contributed by atoms with van der Waals surface area (Å²) in [5.41, 5.74) is 8.13. The number of benzene rings is 1. The molecule has 90 valence electrons. The van der Waals surface area contributed by atoms with Crippen molar-refractivity contribution in [3.63, 3.8) is 0 Å². The van der Waals surface area contributed by atoms with Crippen LogP contribution in [0, 0.1) is 0 Å². The van der Waals surface area contributed by atoms with Crippen LogP contribution in [0.2, 0.25) is 0 Å². The van der Waals surface area contributed by atoms with E-state index in [1.165, 1.54) is 5.56 Å². The first kappa shape index (κ1) is 10.6. The monoisotopic (exact) mass is 232 g/mol. The van der Waals surface area contributed by atoms with E-state index in [0.29, 0.717) is 0 Å². The molecule has 0 radical (unpaired) electrons. The maximum atomic E-state index is 11.1. The second kappa shape index (κ2) is 3.74. The van der Waals surface area contributed by atoms with Crippen molar-refractivity contribution < 1.29 is 9.53 Å². The molecule has 0 aromatic heterocycles. The lowest BCUT2D eigenvalue weighted by Crippen LogP contribution is -2.25. The fraction of sp³-hybridized carbons (Fsp3) is 0.462. The molecule has 2 aliphatic rings. The van der Waals surface area contributed by atoms with Crippen LogP contribution in [0.25, 0.3) is 0 Å². The second-order valence-electron chi connectivity index (χ2n) is 5.03. The van der Waals surface area contributed by atoms with Gasteiger partial charge in [-0.2, -0.15) is 0 Å². The van der Waals surface area contributed by atoms with E-state index in [1.807, 2.05) is 18.2 Å². The van der Waals surface area contributed by atoms with Crippen LogP contribution in [0.15, 0.2) is 18.2 Å². The average Bonchev–Trinajstić information content (AvgIpc) is 3.05. The molecule has 0 atom stereocenters. The Hall–Kier alpha value is -1.55. The molecule has 1 aliphatic carbocycles. The number of rotatable bonds is 3. The Balaban J connectivity index is 1.72. The molecule has 1 aliphatic heterocycles. The largest absolute Gasteiger partial charge is 0.482 e. The molecule has 1 aromatic carbocycles. The summed E-state index contributed by atoms with van der Waals surface area (Å²) in [5.74, 6) is 0.674. The summed E-state index contributed by atoms with van der Waals surface area (Å²) in [7, 11) is 0. The Morgan fingerprint density at radius 1 is 1.41 bits per heavy atom. The van der Waals surface area contributed by atoms with Gasteiger partial charge in [-0.1, -0.05) is 6.07 Å². The second-order valence-corrected chi connectivity index (χ2v) is 5.03. The van der Waals surface area contributed by atoms with Gasteiger partial charge in [0.05, 0.1) is 5.69 Å². The minimum Gasteiger partial charge on any atom is -0.482 e. The summed E-state index contributed by atoms with van der Waals surface area (Å²) < 4.78 is 5.38. The fourth-order valence-corrected chi connectivity index (χ4v) is 2.08. The van der Waals surface area contributed by atoms with Crippen molar-refractivity contribution in [2.45, 2.75) is 31.2 Å². The van der Waals surface area contributed by atoms with Crippen LogP contribution in [0.5, 0.6) is 5.75 Å². The van der Waals surface area contributed by atoms with Gasteiger partial charge in [-0.25, -0.2) is 0 Å². The van der Waals surface area contributed by atoms with E-state index in [1.54, 1.807) is 0 Å². The average molecular weight is 232 g/mol. The highest BCUT2D eigenvalue weighted by Crippen LogP contribution is 2.37. The molecule has 1 aromatic rings. The summed E-state index contributed by atoms with van der Waals surface area (Å²) in [6.45, 7) is 0.108. The molecule has 17 heavy (non-hydrogen) atoms. The normalized spacial score (nSPS) is 20.2. The zero-order chi connectivity index (χ0) is 11.9. The molecule has 1 fully saturated rings. The number of anilines is 1. The van der Waals surface area contributed by atoms with Crippen LogP contribution in [-0.4, -0.2) is 18.1 Å².